The van der Waals surface area contributed by atoms with E-state index in [0.717, 1.165) is 51.4 Å². The molecule has 2 N–H and O–H groups in total. The number of allylic oxidation sites excluding steroid dienone is 3. The van der Waals surface area contributed by atoms with Crippen molar-refractivity contribution in [2.45, 2.75) is 231 Å². The second kappa shape index (κ2) is 39.4. The number of phosphoric ester groups is 1. The van der Waals surface area contributed by atoms with E-state index in [0.29, 0.717) is 17.4 Å². The monoisotopic (exact) mass is 813 g/mol. The molecule has 9 heteroatoms. The fourth-order valence-electron chi connectivity index (χ4n) is 6.85. The molecule has 0 aromatic heterocycles. The molecular weight excluding hydrogens is 719 g/mol. The average Bonchev–Trinajstić information content (AvgIpc) is 3.15. The van der Waals surface area contributed by atoms with E-state index in [1.165, 1.54) is 148 Å². The quantitative estimate of drug-likeness (QED) is 0.0275. The molecule has 0 spiro atoms. The maximum atomic E-state index is 12.8. The molecule has 0 heterocycles. The van der Waals surface area contributed by atoms with Crippen molar-refractivity contribution in [1.82, 2.24) is 5.32 Å². The minimum absolute atomic E-state index is 0.00142. The van der Waals surface area contributed by atoms with Crippen LogP contribution < -0.4 is 10.2 Å². The summed E-state index contributed by atoms with van der Waals surface area (Å²) in [6, 6.07) is -0.887. The van der Waals surface area contributed by atoms with Crippen LogP contribution in [0.4, 0.5) is 0 Å². The smallest absolute Gasteiger partial charge is 0.268 e. The Bertz CT molecular complexity index is 969. The van der Waals surface area contributed by atoms with E-state index in [1.54, 1.807) is 6.08 Å². The molecule has 0 aliphatic heterocycles. The van der Waals surface area contributed by atoms with E-state index >= 15 is 0 Å². The Hall–Kier alpha value is -1.02. The minimum atomic E-state index is -4.59. The summed E-state index contributed by atoms with van der Waals surface area (Å²) in [7, 11) is 1.26. The van der Waals surface area contributed by atoms with Gasteiger partial charge in [0, 0.05) is 6.42 Å². The Balaban J connectivity index is 4.36. The molecule has 0 aromatic rings. The maximum Gasteiger partial charge on any atom is 0.268 e. The van der Waals surface area contributed by atoms with Crippen LogP contribution in [0.15, 0.2) is 24.3 Å². The Morgan fingerprint density at radius 2 is 0.982 bits per heavy atom. The average molecular weight is 813 g/mol. The highest BCUT2D eigenvalue weighted by Crippen LogP contribution is 2.38. The highest BCUT2D eigenvalue weighted by atomic mass is 31.2. The third-order valence-corrected chi connectivity index (χ3v) is 11.6. The molecule has 0 radical (unpaired) electrons. The first-order chi connectivity index (χ1) is 27.0. The zero-order chi connectivity index (χ0) is 41.4. The normalized spacial score (nSPS) is 14.5. The molecular formula is C47H93N2O6P. The maximum absolute atomic E-state index is 12.8. The number of quaternary nitrogens is 1. The third kappa shape index (κ3) is 41.2. The van der Waals surface area contributed by atoms with Crippen LogP contribution in [0.25, 0.3) is 0 Å². The van der Waals surface area contributed by atoms with Gasteiger partial charge in [-0.2, -0.15) is 0 Å². The number of rotatable bonds is 43. The van der Waals surface area contributed by atoms with Gasteiger partial charge in [0.2, 0.25) is 5.91 Å². The van der Waals surface area contributed by atoms with Crippen LogP contribution in [-0.2, 0) is 18.4 Å². The second-order valence-electron chi connectivity index (χ2n) is 17.5. The number of aliphatic hydroxyl groups excluding tert-OH is 1. The summed E-state index contributed by atoms with van der Waals surface area (Å²) in [6.07, 6.45) is 46.5. The number of nitrogens with zero attached hydrogens (tertiary/aromatic N) is 1. The molecule has 0 aliphatic rings. The van der Waals surface area contributed by atoms with Gasteiger partial charge in [-0.3, -0.25) is 9.36 Å². The lowest BCUT2D eigenvalue weighted by molar-refractivity contribution is -0.870. The number of carbonyl (C=O) groups is 1. The van der Waals surface area contributed by atoms with Gasteiger partial charge < -0.3 is 28.8 Å². The molecule has 3 atom stereocenters. The third-order valence-electron chi connectivity index (χ3n) is 10.7. The van der Waals surface area contributed by atoms with Gasteiger partial charge in [0.15, 0.2) is 0 Å². The lowest BCUT2D eigenvalue weighted by Crippen LogP contribution is -2.45. The first-order valence-electron chi connectivity index (χ1n) is 23.7. The molecule has 1 amide bonds. The molecule has 8 nitrogen and oxygen atoms in total. The van der Waals surface area contributed by atoms with Crippen molar-refractivity contribution in [2.75, 3.05) is 40.9 Å². The van der Waals surface area contributed by atoms with E-state index in [-0.39, 0.29) is 19.1 Å². The van der Waals surface area contributed by atoms with Crippen molar-refractivity contribution < 1.29 is 32.9 Å². The number of unbranched alkanes of at least 4 members (excludes halogenated alkanes) is 28. The zero-order valence-corrected chi connectivity index (χ0v) is 38.5. The number of amides is 1. The van der Waals surface area contributed by atoms with Gasteiger partial charge >= 0.3 is 0 Å². The number of aliphatic hydroxyl groups is 1. The standard InChI is InChI=1S/C47H93N2O6P/c1-6-8-10-12-14-16-18-20-22-23-24-25-26-27-28-30-32-34-36-38-40-46(50)45(44-55-56(52,53)54-43-42-49(3,4)5)48-47(51)41-39-37-35-33-31-29-21-19-17-15-13-11-9-7-2/h19,21,38,40,45-46,50H,6-18,20,22-37,39,41-44H2,1-5H3,(H-,48,51,52,53)/b21-19-,40-38+. The van der Waals surface area contributed by atoms with Gasteiger partial charge in [-0.05, 0) is 44.9 Å². The van der Waals surface area contributed by atoms with Gasteiger partial charge in [-0.25, -0.2) is 0 Å². The summed E-state index contributed by atoms with van der Waals surface area (Å²) in [5.74, 6) is -0.205. The first kappa shape index (κ1) is 55.0. The lowest BCUT2D eigenvalue weighted by Gasteiger charge is -2.29. The number of likely N-dealkylation sites (N-methyl/N-ethyl adjacent to an activating group) is 1. The summed E-state index contributed by atoms with van der Waals surface area (Å²) in [5.41, 5.74) is 0. The largest absolute Gasteiger partial charge is 0.756 e. The van der Waals surface area contributed by atoms with E-state index in [9.17, 15) is 19.4 Å². The van der Waals surface area contributed by atoms with Crippen LogP contribution in [0.3, 0.4) is 0 Å². The van der Waals surface area contributed by atoms with E-state index in [1.807, 2.05) is 27.2 Å². The summed E-state index contributed by atoms with van der Waals surface area (Å²) in [6.45, 7) is 4.64. The number of hydrogen-bond acceptors (Lipinski definition) is 6. The SMILES string of the molecule is CCCCCCC/C=C\CCCCCCCC(=O)NC(COP(=O)([O-])OCC[N+](C)(C)C)C(O)/C=C/CCCCCCCCCCCCCCCCCCCC. The Morgan fingerprint density at radius 1 is 0.607 bits per heavy atom. The van der Waals surface area contributed by atoms with Crippen LogP contribution in [0.5, 0.6) is 0 Å². The van der Waals surface area contributed by atoms with Crippen LogP contribution in [-0.4, -0.2) is 68.5 Å². The van der Waals surface area contributed by atoms with Crippen molar-refractivity contribution in [2.24, 2.45) is 0 Å². The van der Waals surface area contributed by atoms with Crippen molar-refractivity contribution >= 4 is 13.7 Å². The Morgan fingerprint density at radius 3 is 1.39 bits per heavy atom. The van der Waals surface area contributed by atoms with Gasteiger partial charge in [0.05, 0.1) is 39.9 Å². The molecule has 0 saturated heterocycles. The molecule has 0 aliphatic carbocycles. The second-order valence-corrected chi connectivity index (χ2v) is 18.9. The fraction of sp³-hybridized carbons (Fsp3) is 0.894. The van der Waals surface area contributed by atoms with Crippen LogP contribution in [0, 0.1) is 0 Å². The van der Waals surface area contributed by atoms with Crippen molar-refractivity contribution in [3.63, 3.8) is 0 Å². The van der Waals surface area contributed by atoms with Gasteiger partial charge in [-0.1, -0.05) is 192 Å². The lowest BCUT2D eigenvalue weighted by atomic mass is 10.0. The minimum Gasteiger partial charge on any atom is -0.756 e. The molecule has 0 aromatic carbocycles. The Kier molecular flexibility index (Phi) is 38.7. The molecule has 3 unspecified atom stereocenters. The van der Waals surface area contributed by atoms with Crippen LogP contribution >= 0.6 is 7.82 Å². The number of hydrogen-bond donors (Lipinski definition) is 2. The first-order valence-corrected chi connectivity index (χ1v) is 25.2. The van der Waals surface area contributed by atoms with E-state index in [4.69, 9.17) is 9.05 Å². The molecule has 56 heavy (non-hydrogen) atoms. The van der Waals surface area contributed by atoms with Gasteiger partial charge in [-0.15, -0.1) is 0 Å². The van der Waals surface area contributed by atoms with Crippen LogP contribution in [0.2, 0.25) is 0 Å². The molecule has 0 fully saturated rings. The number of nitrogens with one attached hydrogen (secondary N) is 1. The predicted molar refractivity (Wildman–Crippen MR) is 238 cm³/mol. The van der Waals surface area contributed by atoms with Gasteiger partial charge in [0.25, 0.3) is 7.82 Å². The summed E-state index contributed by atoms with van der Waals surface area (Å²) < 4.78 is 23.2. The molecule has 332 valence electrons. The van der Waals surface area contributed by atoms with Crippen molar-refractivity contribution in [1.29, 1.82) is 0 Å². The zero-order valence-electron chi connectivity index (χ0n) is 37.6. The fourth-order valence-corrected chi connectivity index (χ4v) is 7.58. The Labute approximate surface area is 347 Å². The van der Waals surface area contributed by atoms with Crippen molar-refractivity contribution in [3.05, 3.63) is 24.3 Å². The van der Waals surface area contributed by atoms with Crippen molar-refractivity contribution in [3.8, 4) is 0 Å². The number of carbonyl (C=O) groups excluding carboxylic acids is 1. The predicted octanol–water partition coefficient (Wildman–Crippen LogP) is 12.7. The molecule has 0 rings (SSSR count). The van der Waals surface area contributed by atoms with Gasteiger partial charge in [0.1, 0.15) is 13.2 Å². The summed E-state index contributed by atoms with van der Waals surface area (Å²) in [4.78, 5) is 25.3. The summed E-state index contributed by atoms with van der Waals surface area (Å²) in [5, 5.41) is 13.8. The molecule has 0 bridgehead atoms. The molecule has 0 saturated carbocycles. The summed E-state index contributed by atoms with van der Waals surface area (Å²) >= 11 is 0. The highest BCUT2D eigenvalue weighted by Gasteiger charge is 2.23. The number of phosphoric acid groups is 1. The van der Waals surface area contributed by atoms with Crippen LogP contribution in [0.1, 0.15) is 219 Å². The van der Waals surface area contributed by atoms with E-state index in [2.05, 4.69) is 31.3 Å². The highest BCUT2D eigenvalue weighted by molar-refractivity contribution is 7.45. The van der Waals surface area contributed by atoms with E-state index < -0.39 is 20.0 Å². The topological polar surface area (TPSA) is 108 Å².